The number of hydrogen-bond acceptors (Lipinski definition) is 5. The number of carbonyl (C=O) groups excluding carboxylic acids is 1. The van der Waals surface area contributed by atoms with Gasteiger partial charge in [0.15, 0.2) is 0 Å². The summed E-state index contributed by atoms with van der Waals surface area (Å²) in [5.74, 6) is 0.0495. The van der Waals surface area contributed by atoms with Gasteiger partial charge in [-0.2, -0.15) is 0 Å². The third-order valence-corrected chi connectivity index (χ3v) is 3.89. The lowest BCUT2D eigenvalue weighted by atomic mass is 10.0. The number of aromatic nitrogens is 4. The molecular formula is C14H19ClN6O. The molecule has 2 N–H and O–H groups in total. The zero-order valence-corrected chi connectivity index (χ0v) is 12.9. The van der Waals surface area contributed by atoms with E-state index in [1.54, 1.807) is 4.68 Å². The average molecular weight is 323 g/mol. The summed E-state index contributed by atoms with van der Waals surface area (Å²) in [7, 11) is 0. The van der Waals surface area contributed by atoms with E-state index in [0.717, 1.165) is 31.5 Å². The van der Waals surface area contributed by atoms with Crippen LogP contribution in [0.5, 0.6) is 0 Å². The summed E-state index contributed by atoms with van der Waals surface area (Å²) in [6.07, 6.45) is 4.70. The Bertz CT molecular complexity index is 600. The molecule has 2 heterocycles. The number of rotatable bonds is 3. The maximum Gasteiger partial charge on any atom is 0.254 e. The molecule has 0 radical (unpaired) electrons. The highest BCUT2D eigenvalue weighted by Gasteiger charge is 2.26. The summed E-state index contributed by atoms with van der Waals surface area (Å²) >= 11 is 0. The standard InChI is InChI=1S/C14H18N6O.ClH/c15-9-13-3-1-2-8-19(13)14(21)11-4-6-12(7-5-11)20-10-16-17-18-20;/h4-7,10,13H,1-3,8-9,15H2;1H. The van der Waals surface area contributed by atoms with E-state index in [1.165, 1.54) is 6.33 Å². The van der Waals surface area contributed by atoms with Crippen LogP contribution < -0.4 is 5.73 Å². The lowest BCUT2D eigenvalue weighted by Gasteiger charge is -2.35. The first-order chi connectivity index (χ1) is 10.3. The molecule has 1 aromatic carbocycles. The van der Waals surface area contributed by atoms with Gasteiger partial charge in [0.05, 0.1) is 5.69 Å². The van der Waals surface area contributed by atoms with Crippen LogP contribution in [0.4, 0.5) is 0 Å². The van der Waals surface area contributed by atoms with Gasteiger partial charge in [0, 0.05) is 24.7 Å². The molecule has 0 aliphatic carbocycles. The average Bonchev–Trinajstić information content (AvgIpc) is 3.09. The lowest BCUT2D eigenvalue weighted by molar-refractivity contribution is 0.0623. The number of piperidine rings is 1. The molecule has 0 spiro atoms. The van der Waals surface area contributed by atoms with Gasteiger partial charge in [-0.3, -0.25) is 4.79 Å². The molecule has 3 rings (SSSR count). The summed E-state index contributed by atoms with van der Waals surface area (Å²) in [5.41, 5.74) is 7.28. The molecule has 1 aliphatic heterocycles. The van der Waals surface area contributed by atoms with E-state index in [-0.39, 0.29) is 24.4 Å². The number of benzene rings is 1. The van der Waals surface area contributed by atoms with Crippen molar-refractivity contribution in [2.75, 3.05) is 13.1 Å². The van der Waals surface area contributed by atoms with Crippen molar-refractivity contribution in [3.05, 3.63) is 36.2 Å². The highest BCUT2D eigenvalue weighted by Crippen LogP contribution is 2.19. The van der Waals surface area contributed by atoms with Crippen molar-refractivity contribution in [3.8, 4) is 5.69 Å². The SMILES string of the molecule is Cl.NCC1CCCCN1C(=O)c1ccc(-n2cnnn2)cc1. The van der Waals surface area contributed by atoms with Gasteiger partial charge in [0.2, 0.25) is 0 Å². The Labute approximate surface area is 134 Å². The smallest absolute Gasteiger partial charge is 0.254 e. The molecular weight excluding hydrogens is 304 g/mol. The fourth-order valence-corrected chi connectivity index (χ4v) is 2.72. The maximum absolute atomic E-state index is 12.6. The fourth-order valence-electron chi connectivity index (χ4n) is 2.72. The van der Waals surface area contributed by atoms with E-state index in [4.69, 9.17) is 5.73 Å². The van der Waals surface area contributed by atoms with Crippen LogP contribution in [0.25, 0.3) is 5.69 Å². The Morgan fingerprint density at radius 3 is 2.68 bits per heavy atom. The first kappa shape index (κ1) is 16.4. The second-order valence-electron chi connectivity index (χ2n) is 5.19. The molecule has 7 nitrogen and oxygen atoms in total. The third-order valence-electron chi connectivity index (χ3n) is 3.89. The normalized spacial score (nSPS) is 17.9. The van der Waals surface area contributed by atoms with Crippen molar-refractivity contribution in [2.24, 2.45) is 5.73 Å². The Kier molecular flexibility index (Phi) is 5.46. The minimum atomic E-state index is 0. The molecule has 1 amide bonds. The third kappa shape index (κ3) is 3.26. The number of carbonyl (C=O) groups is 1. The molecule has 22 heavy (non-hydrogen) atoms. The van der Waals surface area contributed by atoms with Crippen LogP contribution in [0.2, 0.25) is 0 Å². The summed E-state index contributed by atoms with van der Waals surface area (Å²) in [6.45, 7) is 1.31. The number of nitrogens with two attached hydrogens (primary N) is 1. The number of tetrazole rings is 1. The molecule has 1 saturated heterocycles. The molecule has 8 heteroatoms. The van der Waals surface area contributed by atoms with E-state index in [2.05, 4.69) is 15.5 Å². The van der Waals surface area contributed by atoms with Gasteiger partial charge in [-0.05, 0) is 54.0 Å². The molecule has 0 bridgehead atoms. The van der Waals surface area contributed by atoms with Crippen molar-refractivity contribution in [1.29, 1.82) is 0 Å². The predicted molar refractivity (Wildman–Crippen MR) is 84.1 cm³/mol. The first-order valence-corrected chi connectivity index (χ1v) is 7.14. The van der Waals surface area contributed by atoms with Crippen molar-refractivity contribution >= 4 is 18.3 Å². The Hall–Kier alpha value is -1.99. The van der Waals surface area contributed by atoms with Gasteiger partial charge >= 0.3 is 0 Å². The highest BCUT2D eigenvalue weighted by atomic mass is 35.5. The number of likely N-dealkylation sites (tertiary alicyclic amines) is 1. The molecule has 1 aromatic heterocycles. The molecule has 2 aromatic rings. The Balaban J connectivity index is 0.00000176. The van der Waals surface area contributed by atoms with Crippen molar-refractivity contribution in [1.82, 2.24) is 25.1 Å². The molecule has 1 unspecified atom stereocenters. The zero-order valence-electron chi connectivity index (χ0n) is 12.1. The van der Waals surface area contributed by atoms with Crippen LogP contribution in [0, 0.1) is 0 Å². The van der Waals surface area contributed by atoms with Gasteiger partial charge < -0.3 is 10.6 Å². The van der Waals surface area contributed by atoms with Gasteiger partial charge in [-0.1, -0.05) is 0 Å². The largest absolute Gasteiger partial charge is 0.334 e. The summed E-state index contributed by atoms with van der Waals surface area (Å²) in [6, 6.07) is 7.45. The predicted octanol–water partition coefficient (Wildman–Crippen LogP) is 1.04. The minimum absolute atomic E-state index is 0. The number of hydrogen-bond donors (Lipinski definition) is 1. The highest BCUT2D eigenvalue weighted by molar-refractivity contribution is 5.94. The van der Waals surface area contributed by atoms with E-state index in [0.29, 0.717) is 12.1 Å². The van der Waals surface area contributed by atoms with Gasteiger partial charge in [-0.25, -0.2) is 4.68 Å². The molecule has 0 saturated carbocycles. The van der Waals surface area contributed by atoms with Gasteiger partial charge in [-0.15, -0.1) is 17.5 Å². The van der Waals surface area contributed by atoms with E-state index in [9.17, 15) is 4.79 Å². The summed E-state index contributed by atoms with van der Waals surface area (Å²) in [4.78, 5) is 14.5. The fraction of sp³-hybridized carbons (Fsp3) is 0.429. The van der Waals surface area contributed by atoms with Crippen LogP contribution >= 0.6 is 12.4 Å². The van der Waals surface area contributed by atoms with Crippen LogP contribution in [0.15, 0.2) is 30.6 Å². The van der Waals surface area contributed by atoms with Crippen LogP contribution in [0.1, 0.15) is 29.6 Å². The van der Waals surface area contributed by atoms with E-state index < -0.39 is 0 Å². The maximum atomic E-state index is 12.6. The molecule has 118 valence electrons. The van der Waals surface area contributed by atoms with Crippen LogP contribution in [-0.4, -0.2) is 50.1 Å². The lowest BCUT2D eigenvalue weighted by Crippen LogP contribution is -2.47. The first-order valence-electron chi connectivity index (χ1n) is 7.14. The van der Waals surface area contributed by atoms with Crippen molar-refractivity contribution in [3.63, 3.8) is 0 Å². The minimum Gasteiger partial charge on any atom is -0.334 e. The molecule has 1 aliphatic rings. The van der Waals surface area contributed by atoms with Crippen molar-refractivity contribution in [2.45, 2.75) is 25.3 Å². The number of halogens is 1. The quantitative estimate of drug-likeness (QED) is 0.911. The van der Waals surface area contributed by atoms with Gasteiger partial charge in [0.25, 0.3) is 5.91 Å². The molecule has 1 atom stereocenters. The second kappa shape index (κ2) is 7.33. The Morgan fingerprint density at radius 1 is 1.27 bits per heavy atom. The van der Waals surface area contributed by atoms with Crippen LogP contribution in [-0.2, 0) is 0 Å². The Morgan fingerprint density at radius 2 is 2.05 bits per heavy atom. The number of nitrogens with zero attached hydrogens (tertiary/aromatic N) is 5. The van der Waals surface area contributed by atoms with E-state index >= 15 is 0 Å². The van der Waals surface area contributed by atoms with Gasteiger partial charge in [0.1, 0.15) is 6.33 Å². The monoisotopic (exact) mass is 322 g/mol. The summed E-state index contributed by atoms with van der Waals surface area (Å²) in [5, 5.41) is 11.0. The molecule has 1 fully saturated rings. The van der Waals surface area contributed by atoms with E-state index in [1.807, 2.05) is 29.2 Å². The number of amides is 1. The van der Waals surface area contributed by atoms with Crippen molar-refractivity contribution < 1.29 is 4.79 Å². The second-order valence-corrected chi connectivity index (χ2v) is 5.19. The van der Waals surface area contributed by atoms with Crippen LogP contribution in [0.3, 0.4) is 0 Å². The zero-order chi connectivity index (χ0) is 14.7. The summed E-state index contributed by atoms with van der Waals surface area (Å²) < 4.78 is 1.55. The topological polar surface area (TPSA) is 89.9 Å².